The summed E-state index contributed by atoms with van der Waals surface area (Å²) in [5.41, 5.74) is -1.76. The van der Waals surface area contributed by atoms with E-state index in [1.807, 2.05) is 6.07 Å². The van der Waals surface area contributed by atoms with Crippen LogP contribution in [0.3, 0.4) is 0 Å². The third-order valence-electron chi connectivity index (χ3n) is 3.85. The molecule has 0 aliphatic rings. The van der Waals surface area contributed by atoms with Crippen LogP contribution in [0.5, 0.6) is 0 Å². The molecule has 10 heteroatoms. The van der Waals surface area contributed by atoms with Crippen LogP contribution in [0.15, 0.2) is 60.6 Å². The predicted octanol–water partition coefficient (Wildman–Crippen LogP) is 3.04. The van der Waals surface area contributed by atoms with E-state index in [1.165, 1.54) is 23.9 Å². The van der Waals surface area contributed by atoms with Gasteiger partial charge in [-0.3, -0.25) is 4.98 Å². The summed E-state index contributed by atoms with van der Waals surface area (Å²) in [6.45, 7) is 1.71. The zero-order chi connectivity index (χ0) is 20.4. The number of aromatic amines is 1. The molecule has 142 valence electrons. The average Bonchev–Trinajstić information content (AvgIpc) is 2.65. The molecule has 0 aliphatic heterocycles. The van der Waals surface area contributed by atoms with Gasteiger partial charge in [0.15, 0.2) is 0 Å². The number of rotatable bonds is 4. The van der Waals surface area contributed by atoms with Crippen LogP contribution in [0.25, 0.3) is 5.69 Å². The molecular formula is C18H12Cl2N4O3S. The first-order chi connectivity index (χ1) is 13.3. The van der Waals surface area contributed by atoms with E-state index >= 15 is 0 Å². The maximum atomic E-state index is 12.5. The van der Waals surface area contributed by atoms with Crippen molar-refractivity contribution in [3.8, 4) is 11.8 Å². The fourth-order valence-electron chi connectivity index (χ4n) is 2.50. The number of nitrogens with one attached hydrogen (secondary N) is 1. The fraction of sp³-hybridized carbons (Fsp3) is 0.111. The minimum Gasteiger partial charge on any atom is -0.258 e. The molecule has 1 heterocycles. The van der Waals surface area contributed by atoms with Crippen molar-refractivity contribution in [1.82, 2.24) is 14.1 Å². The van der Waals surface area contributed by atoms with Gasteiger partial charge in [-0.1, -0.05) is 35.0 Å². The molecule has 0 radical (unpaired) electrons. The van der Waals surface area contributed by atoms with Gasteiger partial charge in [0.05, 0.1) is 27.4 Å². The van der Waals surface area contributed by atoms with E-state index in [-0.39, 0.29) is 22.3 Å². The second-order valence-electron chi connectivity index (χ2n) is 5.57. The smallest absolute Gasteiger partial charge is 0.258 e. The van der Waals surface area contributed by atoms with E-state index < -0.39 is 17.1 Å². The first-order valence-electron chi connectivity index (χ1n) is 7.99. The number of benzene rings is 2. The topological polar surface area (TPSA) is 101 Å². The second-order valence-corrected chi connectivity index (χ2v) is 7.47. The molecule has 1 N–H and O–H groups in total. The maximum Gasteiger partial charge on any atom is 0.340 e. The fourth-order valence-corrected chi connectivity index (χ4v) is 4.03. The van der Waals surface area contributed by atoms with Crippen LogP contribution < -0.4 is 17.1 Å². The first kappa shape index (κ1) is 20.0. The maximum absolute atomic E-state index is 12.5. The molecule has 3 aromatic rings. The van der Waals surface area contributed by atoms with Gasteiger partial charge in [0, 0.05) is 16.3 Å². The summed E-state index contributed by atoms with van der Waals surface area (Å²) in [6.07, 6.45) is 0. The lowest BCUT2D eigenvalue weighted by molar-refractivity contribution is 0.599. The Balaban J connectivity index is 2.08. The molecule has 1 aromatic heterocycles. The van der Waals surface area contributed by atoms with Crippen molar-refractivity contribution in [2.24, 2.45) is 0 Å². The van der Waals surface area contributed by atoms with Crippen molar-refractivity contribution in [2.75, 3.05) is 0 Å². The van der Waals surface area contributed by atoms with Crippen molar-refractivity contribution in [3.63, 3.8) is 0 Å². The van der Waals surface area contributed by atoms with Crippen LogP contribution in [-0.2, 0) is 6.54 Å². The number of nitrogens with zero attached hydrogens (tertiary/aromatic N) is 3. The largest absolute Gasteiger partial charge is 0.340 e. The van der Waals surface area contributed by atoms with E-state index in [9.17, 15) is 14.4 Å². The van der Waals surface area contributed by atoms with Gasteiger partial charge in [-0.15, -0.1) is 0 Å². The van der Waals surface area contributed by atoms with E-state index in [1.54, 1.807) is 31.2 Å². The van der Waals surface area contributed by atoms with Gasteiger partial charge in [0.25, 0.3) is 0 Å². The van der Waals surface area contributed by atoms with Crippen LogP contribution >= 0.6 is 35.0 Å². The Morgan fingerprint density at radius 2 is 1.68 bits per heavy atom. The highest BCUT2D eigenvalue weighted by Crippen LogP contribution is 2.39. The molecule has 0 spiro atoms. The van der Waals surface area contributed by atoms with Gasteiger partial charge < -0.3 is 0 Å². The number of aromatic nitrogens is 3. The Morgan fingerprint density at radius 1 is 1.07 bits per heavy atom. The van der Waals surface area contributed by atoms with Gasteiger partial charge in [0.2, 0.25) is 0 Å². The van der Waals surface area contributed by atoms with Gasteiger partial charge >= 0.3 is 17.1 Å². The lowest BCUT2D eigenvalue weighted by Crippen LogP contribution is -2.48. The molecule has 7 nitrogen and oxygen atoms in total. The van der Waals surface area contributed by atoms with Crippen molar-refractivity contribution < 1.29 is 0 Å². The molecule has 0 unspecified atom stereocenters. The van der Waals surface area contributed by atoms with E-state index in [4.69, 9.17) is 28.5 Å². The van der Waals surface area contributed by atoms with Crippen LogP contribution in [0, 0.1) is 11.3 Å². The van der Waals surface area contributed by atoms with Crippen molar-refractivity contribution in [2.45, 2.75) is 23.3 Å². The minimum atomic E-state index is -0.876. The van der Waals surface area contributed by atoms with Crippen LogP contribution in [0.2, 0.25) is 10.0 Å². The van der Waals surface area contributed by atoms with Crippen molar-refractivity contribution in [3.05, 3.63) is 83.5 Å². The molecule has 0 saturated heterocycles. The molecule has 0 bridgehead atoms. The number of H-pyrrole nitrogens is 1. The lowest BCUT2D eigenvalue weighted by atomic mass is 10.2. The number of halogens is 2. The summed E-state index contributed by atoms with van der Waals surface area (Å²) in [7, 11) is 0. The molecule has 0 atom stereocenters. The molecule has 0 fully saturated rings. The van der Waals surface area contributed by atoms with Crippen LogP contribution in [0.4, 0.5) is 0 Å². The Hall–Kier alpha value is -2.73. The summed E-state index contributed by atoms with van der Waals surface area (Å²) < 4.78 is 1.70. The summed E-state index contributed by atoms with van der Waals surface area (Å²) >= 11 is 14.0. The van der Waals surface area contributed by atoms with E-state index in [0.29, 0.717) is 10.5 Å². The Morgan fingerprint density at radius 3 is 2.21 bits per heavy atom. The van der Waals surface area contributed by atoms with Crippen LogP contribution in [0.1, 0.15) is 12.5 Å². The number of hydrogen-bond donors (Lipinski definition) is 1. The van der Waals surface area contributed by atoms with Gasteiger partial charge in [-0.25, -0.2) is 23.5 Å². The Labute approximate surface area is 172 Å². The third kappa shape index (κ3) is 3.78. The van der Waals surface area contributed by atoms with E-state index in [2.05, 4.69) is 4.98 Å². The van der Waals surface area contributed by atoms with Crippen LogP contribution in [-0.4, -0.2) is 14.1 Å². The molecule has 0 amide bonds. The molecule has 2 aromatic carbocycles. The average molecular weight is 435 g/mol. The summed E-state index contributed by atoms with van der Waals surface area (Å²) in [5.74, 6) is 0. The predicted molar refractivity (Wildman–Crippen MR) is 108 cm³/mol. The van der Waals surface area contributed by atoms with Gasteiger partial charge in [-0.05, 0) is 43.3 Å². The standard InChI is InChI=1S/C18H12Cl2N4O3S/c1-2-23-16(25)22-17(26)24(18(23)27)11-7-13(19)15(14(20)8-11)28-12-5-3-10(9-21)4-6-12/h3-8H,2H2,1H3,(H,22,25,26). The Bertz CT molecular complexity index is 1250. The number of hydrogen-bond acceptors (Lipinski definition) is 5. The van der Waals surface area contributed by atoms with Crippen molar-refractivity contribution >= 4 is 35.0 Å². The first-order valence-corrected chi connectivity index (χ1v) is 9.56. The highest BCUT2D eigenvalue weighted by atomic mass is 35.5. The monoisotopic (exact) mass is 434 g/mol. The normalized spacial score (nSPS) is 10.6. The quantitative estimate of drug-likeness (QED) is 0.679. The minimum absolute atomic E-state index is 0.0997. The molecular weight excluding hydrogens is 423 g/mol. The molecule has 0 aliphatic carbocycles. The summed E-state index contributed by atoms with van der Waals surface area (Å²) in [4.78, 5) is 39.8. The number of nitriles is 1. The highest BCUT2D eigenvalue weighted by Gasteiger charge is 2.15. The molecule has 28 heavy (non-hydrogen) atoms. The second kappa shape index (κ2) is 8.10. The highest BCUT2D eigenvalue weighted by molar-refractivity contribution is 7.99. The summed E-state index contributed by atoms with van der Waals surface area (Å²) in [6, 6.07) is 11.8. The molecule has 3 rings (SSSR count). The zero-order valence-corrected chi connectivity index (χ0v) is 16.7. The van der Waals surface area contributed by atoms with E-state index in [0.717, 1.165) is 14.0 Å². The lowest BCUT2D eigenvalue weighted by Gasteiger charge is -2.12. The third-order valence-corrected chi connectivity index (χ3v) is 5.82. The molecule has 0 saturated carbocycles. The summed E-state index contributed by atoms with van der Waals surface area (Å²) in [5, 5.41) is 9.34. The Kier molecular flexibility index (Phi) is 5.79. The van der Waals surface area contributed by atoms with Crippen molar-refractivity contribution in [1.29, 1.82) is 5.26 Å². The van der Waals surface area contributed by atoms with Gasteiger partial charge in [-0.2, -0.15) is 5.26 Å². The van der Waals surface area contributed by atoms with Gasteiger partial charge in [0.1, 0.15) is 0 Å². The SMILES string of the molecule is CCn1c(=O)[nH]c(=O)n(-c2cc(Cl)c(Sc3ccc(C#N)cc3)c(Cl)c2)c1=O. The zero-order valence-electron chi connectivity index (χ0n) is 14.4.